The Labute approximate surface area is 152 Å². The van der Waals surface area contributed by atoms with E-state index in [0.717, 1.165) is 24.2 Å². The summed E-state index contributed by atoms with van der Waals surface area (Å²) in [6.07, 6.45) is 3.75. The molecule has 2 aliphatic rings. The van der Waals surface area contributed by atoms with Crippen LogP contribution >= 0.6 is 0 Å². The topological polar surface area (TPSA) is 60.8 Å². The van der Waals surface area contributed by atoms with E-state index >= 15 is 0 Å². The first-order valence-electron chi connectivity index (χ1n) is 8.96. The van der Waals surface area contributed by atoms with Crippen molar-refractivity contribution in [3.8, 4) is 5.75 Å². The number of fused-ring (bicyclic) bond motifs is 1. The van der Waals surface area contributed by atoms with Gasteiger partial charge >= 0.3 is 5.97 Å². The first kappa shape index (κ1) is 16.7. The smallest absolute Gasteiger partial charge is 0.354 e. The standard InChI is InChI=1S/C20H22N2O4/c1-25-20(24)16-6-4-10-22(16)15-8-11-21(12-9-15)19(23)18-13-14-5-2-3-7-17(14)26-18/h2-7,10,15,18H,8-9,11-13H2,1H3. The Balaban J connectivity index is 1.38. The van der Waals surface area contributed by atoms with Gasteiger partial charge in [-0.2, -0.15) is 0 Å². The summed E-state index contributed by atoms with van der Waals surface area (Å²) in [5, 5.41) is 0. The molecule has 1 unspecified atom stereocenters. The number of esters is 1. The van der Waals surface area contributed by atoms with Gasteiger partial charge in [-0.15, -0.1) is 0 Å². The molecule has 1 aromatic carbocycles. The Morgan fingerprint density at radius 2 is 1.88 bits per heavy atom. The number of carbonyl (C=O) groups is 2. The van der Waals surface area contributed by atoms with Gasteiger partial charge in [-0.05, 0) is 36.6 Å². The summed E-state index contributed by atoms with van der Waals surface area (Å²) in [5.41, 5.74) is 1.66. The first-order valence-corrected chi connectivity index (χ1v) is 8.96. The van der Waals surface area contributed by atoms with Gasteiger partial charge in [-0.1, -0.05) is 18.2 Å². The van der Waals surface area contributed by atoms with Crippen LogP contribution in [0.3, 0.4) is 0 Å². The van der Waals surface area contributed by atoms with Gasteiger partial charge in [0, 0.05) is 31.7 Å². The van der Waals surface area contributed by atoms with E-state index in [1.165, 1.54) is 7.11 Å². The predicted octanol–water partition coefficient (Wildman–Crippen LogP) is 2.44. The number of aromatic nitrogens is 1. The minimum atomic E-state index is -0.416. The second-order valence-corrected chi connectivity index (χ2v) is 6.77. The summed E-state index contributed by atoms with van der Waals surface area (Å²) >= 11 is 0. The number of carbonyl (C=O) groups excluding carboxylic acids is 2. The molecule has 1 amide bonds. The maximum atomic E-state index is 12.8. The summed E-state index contributed by atoms with van der Waals surface area (Å²) in [5.74, 6) is 0.543. The lowest BCUT2D eigenvalue weighted by atomic mass is 10.0. The molecule has 1 saturated heterocycles. The lowest BCUT2D eigenvalue weighted by Gasteiger charge is -2.34. The number of hydrogen-bond donors (Lipinski definition) is 0. The number of benzene rings is 1. The van der Waals surface area contributed by atoms with Gasteiger partial charge in [0.1, 0.15) is 11.4 Å². The highest BCUT2D eigenvalue weighted by atomic mass is 16.5. The molecule has 0 spiro atoms. The monoisotopic (exact) mass is 354 g/mol. The van der Waals surface area contributed by atoms with E-state index in [1.54, 1.807) is 6.07 Å². The number of methoxy groups -OCH3 is 1. The van der Waals surface area contributed by atoms with Crippen molar-refractivity contribution >= 4 is 11.9 Å². The zero-order chi connectivity index (χ0) is 18.1. The summed E-state index contributed by atoms with van der Waals surface area (Å²) in [7, 11) is 1.39. The van der Waals surface area contributed by atoms with Crippen LogP contribution in [-0.2, 0) is 16.0 Å². The molecule has 0 saturated carbocycles. The van der Waals surface area contributed by atoms with Crippen LogP contribution in [-0.4, -0.2) is 47.6 Å². The average Bonchev–Trinajstić information content (AvgIpc) is 3.34. The molecule has 1 fully saturated rings. The maximum absolute atomic E-state index is 12.8. The van der Waals surface area contributed by atoms with Gasteiger partial charge < -0.3 is 18.9 Å². The van der Waals surface area contributed by atoms with Gasteiger partial charge in [0.15, 0.2) is 6.10 Å². The first-order chi connectivity index (χ1) is 12.7. The molecule has 4 rings (SSSR count). The molecule has 0 aliphatic carbocycles. The molecule has 2 aromatic rings. The van der Waals surface area contributed by atoms with Crippen molar-refractivity contribution in [1.29, 1.82) is 0 Å². The van der Waals surface area contributed by atoms with E-state index in [2.05, 4.69) is 0 Å². The minimum absolute atomic E-state index is 0.0559. The van der Waals surface area contributed by atoms with Gasteiger partial charge in [-0.25, -0.2) is 4.79 Å². The fourth-order valence-electron chi connectivity index (χ4n) is 3.88. The number of amides is 1. The van der Waals surface area contributed by atoms with Crippen LogP contribution in [0.25, 0.3) is 0 Å². The molecule has 1 aromatic heterocycles. The van der Waals surface area contributed by atoms with Crippen LogP contribution in [0.4, 0.5) is 0 Å². The summed E-state index contributed by atoms with van der Waals surface area (Å²) < 4.78 is 12.6. The van der Waals surface area contributed by atoms with Gasteiger partial charge in [0.05, 0.1) is 7.11 Å². The Kier molecular flexibility index (Phi) is 4.41. The predicted molar refractivity (Wildman–Crippen MR) is 95.2 cm³/mol. The third-order valence-corrected chi connectivity index (χ3v) is 5.27. The minimum Gasteiger partial charge on any atom is -0.480 e. The molecule has 136 valence electrons. The van der Waals surface area contributed by atoms with Gasteiger partial charge in [0.2, 0.25) is 0 Å². The lowest BCUT2D eigenvalue weighted by Crippen LogP contribution is -2.45. The number of hydrogen-bond acceptors (Lipinski definition) is 4. The average molecular weight is 354 g/mol. The van der Waals surface area contributed by atoms with Crippen molar-refractivity contribution in [2.45, 2.75) is 31.4 Å². The summed E-state index contributed by atoms with van der Waals surface area (Å²) in [6, 6.07) is 11.6. The molecule has 6 nitrogen and oxygen atoms in total. The largest absolute Gasteiger partial charge is 0.480 e. The fraction of sp³-hybridized carbons (Fsp3) is 0.400. The third kappa shape index (κ3) is 2.96. The number of piperidine rings is 1. The number of para-hydroxylation sites is 1. The Morgan fingerprint density at radius 1 is 1.12 bits per heavy atom. The van der Waals surface area contributed by atoms with Gasteiger partial charge in [0.25, 0.3) is 5.91 Å². The molecule has 6 heteroatoms. The van der Waals surface area contributed by atoms with E-state index in [1.807, 2.05) is 46.0 Å². The molecular formula is C20H22N2O4. The van der Waals surface area contributed by atoms with E-state index in [-0.39, 0.29) is 17.9 Å². The molecule has 2 aliphatic heterocycles. The molecular weight excluding hydrogens is 332 g/mol. The Bertz CT molecular complexity index is 796. The summed E-state index contributed by atoms with van der Waals surface area (Å²) in [4.78, 5) is 26.6. The summed E-state index contributed by atoms with van der Waals surface area (Å²) in [6.45, 7) is 1.33. The van der Waals surface area contributed by atoms with Crippen molar-refractivity contribution < 1.29 is 19.1 Å². The van der Waals surface area contributed by atoms with Crippen molar-refractivity contribution in [2.75, 3.05) is 20.2 Å². The van der Waals surface area contributed by atoms with E-state index in [0.29, 0.717) is 25.2 Å². The Hall–Kier alpha value is -2.76. The van der Waals surface area contributed by atoms with Crippen LogP contribution < -0.4 is 4.74 Å². The molecule has 26 heavy (non-hydrogen) atoms. The number of ether oxygens (including phenoxy) is 2. The van der Waals surface area contributed by atoms with Crippen LogP contribution in [0, 0.1) is 0 Å². The van der Waals surface area contributed by atoms with Crippen LogP contribution in [0.1, 0.15) is 34.9 Å². The van der Waals surface area contributed by atoms with Crippen molar-refractivity contribution in [3.05, 3.63) is 53.9 Å². The second kappa shape index (κ2) is 6.86. The SMILES string of the molecule is COC(=O)c1cccn1C1CCN(C(=O)C2Cc3ccccc3O2)CC1. The van der Waals surface area contributed by atoms with E-state index in [9.17, 15) is 9.59 Å². The van der Waals surface area contributed by atoms with Crippen LogP contribution in [0.5, 0.6) is 5.75 Å². The number of likely N-dealkylation sites (tertiary alicyclic amines) is 1. The molecule has 0 radical (unpaired) electrons. The van der Waals surface area contributed by atoms with Crippen LogP contribution in [0.2, 0.25) is 0 Å². The molecule has 0 N–H and O–H groups in total. The van der Waals surface area contributed by atoms with Crippen molar-refractivity contribution in [1.82, 2.24) is 9.47 Å². The Morgan fingerprint density at radius 3 is 2.62 bits per heavy atom. The lowest BCUT2D eigenvalue weighted by molar-refractivity contribution is -0.139. The highest BCUT2D eigenvalue weighted by Gasteiger charge is 2.34. The maximum Gasteiger partial charge on any atom is 0.354 e. The number of rotatable bonds is 3. The zero-order valence-electron chi connectivity index (χ0n) is 14.8. The van der Waals surface area contributed by atoms with Crippen molar-refractivity contribution in [3.63, 3.8) is 0 Å². The zero-order valence-corrected chi connectivity index (χ0v) is 14.8. The van der Waals surface area contributed by atoms with E-state index in [4.69, 9.17) is 9.47 Å². The van der Waals surface area contributed by atoms with Crippen LogP contribution in [0.15, 0.2) is 42.6 Å². The second-order valence-electron chi connectivity index (χ2n) is 6.77. The molecule has 3 heterocycles. The molecule has 0 bridgehead atoms. The van der Waals surface area contributed by atoms with Gasteiger partial charge in [-0.3, -0.25) is 4.79 Å². The fourth-order valence-corrected chi connectivity index (χ4v) is 3.88. The highest BCUT2D eigenvalue weighted by Crippen LogP contribution is 2.31. The molecule has 1 atom stereocenters. The number of nitrogens with zero attached hydrogens (tertiary/aromatic N) is 2. The third-order valence-electron chi connectivity index (χ3n) is 5.27. The van der Waals surface area contributed by atoms with E-state index < -0.39 is 6.10 Å². The van der Waals surface area contributed by atoms with Crippen molar-refractivity contribution in [2.24, 2.45) is 0 Å². The quantitative estimate of drug-likeness (QED) is 0.795. The highest BCUT2D eigenvalue weighted by molar-refractivity contribution is 5.87. The normalized spacial score (nSPS) is 19.7.